The highest BCUT2D eigenvalue weighted by Crippen LogP contribution is 2.44. The molecule has 4 nitrogen and oxygen atoms in total. The number of hydrogen-bond donors (Lipinski definition) is 3. The van der Waals surface area contributed by atoms with E-state index in [2.05, 4.69) is 20.8 Å². The normalized spacial score (nSPS) is 41.3. The van der Waals surface area contributed by atoms with Gasteiger partial charge in [0.1, 0.15) is 0 Å². The van der Waals surface area contributed by atoms with Crippen LogP contribution in [0.4, 0.5) is 0 Å². The molecule has 0 spiro atoms. The van der Waals surface area contributed by atoms with Crippen LogP contribution < -0.4 is 0 Å². The summed E-state index contributed by atoms with van der Waals surface area (Å²) in [4.78, 5) is 0. The molecule has 3 N–H and O–H groups in total. The molecule has 2 rings (SSSR count). The summed E-state index contributed by atoms with van der Waals surface area (Å²) in [5.74, 6) is 2.52. The number of ether oxygens (including phenoxy) is 1. The maximum Gasteiger partial charge on any atom is 0.0640 e. The second-order valence-corrected chi connectivity index (χ2v) is 6.03. The van der Waals surface area contributed by atoms with Gasteiger partial charge in [0.15, 0.2) is 0 Å². The lowest BCUT2D eigenvalue weighted by atomic mass is 9.66. The molecule has 0 aromatic rings. The Bertz CT molecular complexity index is 234. The highest BCUT2D eigenvalue weighted by molar-refractivity contribution is 4.91. The molecule has 0 aromatic carbocycles. The Hall–Kier alpha value is -0.160. The van der Waals surface area contributed by atoms with E-state index in [1.165, 1.54) is 25.7 Å². The molecule has 5 unspecified atom stereocenters. The molecule has 18 heavy (non-hydrogen) atoms. The number of fused-ring (bicyclic) bond motifs is 1. The van der Waals surface area contributed by atoms with E-state index >= 15 is 0 Å². The quantitative estimate of drug-likeness (QED) is 0.527. The SMILES string of the molecule is CC1CCC2C(O1)C(C(C)CO)CC[C@H]2C.OO. The molecule has 1 saturated carbocycles. The first-order valence-electron chi connectivity index (χ1n) is 7.09. The van der Waals surface area contributed by atoms with Gasteiger partial charge in [-0.3, -0.25) is 10.5 Å². The summed E-state index contributed by atoms with van der Waals surface area (Å²) in [6.45, 7) is 7.04. The molecule has 1 aliphatic heterocycles. The fourth-order valence-electron chi connectivity index (χ4n) is 3.63. The molecule has 0 radical (unpaired) electrons. The lowest BCUT2D eigenvalue weighted by molar-refractivity contribution is -0.176. The van der Waals surface area contributed by atoms with Gasteiger partial charge in [0.05, 0.1) is 12.2 Å². The van der Waals surface area contributed by atoms with Crippen LogP contribution in [0.3, 0.4) is 0 Å². The first kappa shape index (κ1) is 15.9. The first-order chi connectivity index (χ1) is 8.63. The van der Waals surface area contributed by atoms with Gasteiger partial charge in [-0.05, 0) is 56.3 Å². The number of hydrogen-bond acceptors (Lipinski definition) is 4. The topological polar surface area (TPSA) is 69.9 Å². The van der Waals surface area contributed by atoms with E-state index in [4.69, 9.17) is 15.3 Å². The second kappa shape index (κ2) is 7.43. The average molecular weight is 260 g/mol. The molecule has 6 atom stereocenters. The fourth-order valence-corrected chi connectivity index (χ4v) is 3.63. The van der Waals surface area contributed by atoms with Crippen molar-refractivity contribution in [2.45, 2.75) is 58.7 Å². The maximum absolute atomic E-state index is 9.35. The monoisotopic (exact) mass is 260 g/mol. The highest BCUT2D eigenvalue weighted by atomic mass is 17.0. The Morgan fingerprint density at radius 1 is 1.11 bits per heavy atom. The Morgan fingerprint density at radius 3 is 2.39 bits per heavy atom. The van der Waals surface area contributed by atoms with Crippen LogP contribution in [0, 0.1) is 23.7 Å². The lowest BCUT2D eigenvalue weighted by Crippen LogP contribution is -2.47. The van der Waals surface area contributed by atoms with Gasteiger partial charge in [-0.1, -0.05) is 13.8 Å². The van der Waals surface area contributed by atoms with Gasteiger partial charge in [-0.25, -0.2) is 0 Å². The van der Waals surface area contributed by atoms with Crippen LogP contribution in [0.5, 0.6) is 0 Å². The molecule has 0 bridgehead atoms. The molecule has 0 amide bonds. The summed E-state index contributed by atoms with van der Waals surface area (Å²) >= 11 is 0. The van der Waals surface area contributed by atoms with Crippen LogP contribution in [0.25, 0.3) is 0 Å². The lowest BCUT2D eigenvalue weighted by Gasteiger charge is -2.48. The van der Waals surface area contributed by atoms with Crippen LogP contribution in [0.15, 0.2) is 0 Å². The van der Waals surface area contributed by atoms with E-state index in [0.29, 0.717) is 30.7 Å². The minimum atomic E-state index is 0.306. The maximum atomic E-state index is 9.35. The molecule has 2 aliphatic rings. The molecule has 0 aromatic heterocycles. The van der Waals surface area contributed by atoms with Crippen LogP contribution >= 0.6 is 0 Å². The zero-order valence-corrected chi connectivity index (χ0v) is 11.7. The third-order valence-electron chi connectivity index (χ3n) is 4.85. The van der Waals surface area contributed by atoms with Gasteiger partial charge in [-0.15, -0.1) is 0 Å². The summed E-state index contributed by atoms with van der Waals surface area (Å²) < 4.78 is 6.19. The molecule has 108 valence electrons. The number of rotatable bonds is 2. The fraction of sp³-hybridized carbons (Fsp3) is 1.00. The van der Waals surface area contributed by atoms with Gasteiger partial charge in [0.2, 0.25) is 0 Å². The standard InChI is InChI=1S/C14H26O2.H2O2/c1-9-4-6-13(10(2)8-15)14-12(9)7-5-11(3)16-14;1-2/h9-15H,4-8H2,1-3H3;1-2H/t9-,10?,11?,12?,13?,14?;/m1./s1. The van der Waals surface area contributed by atoms with Crippen molar-refractivity contribution in [2.75, 3.05) is 6.61 Å². The Kier molecular flexibility index (Phi) is 6.57. The van der Waals surface area contributed by atoms with Gasteiger partial charge >= 0.3 is 0 Å². The smallest absolute Gasteiger partial charge is 0.0640 e. The summed E-state index contributed by atoms with van der Waals surface area (Å²) in [7, 11) is 0. The first-order valence-corrected chi connectivity index (χ1v) is 7.09. The molecular formula is C14H28O4. The second-order valence-electron chi connectivity index (χ2n) is 6.03. The zero-order valence-electron chi connectivity index (χ0n) is 11.7. The van der Waals surface area contributed by atoms with Crippen molar-refractivity contribution in [3.05, 3.63) is 0 Å². The largest absolute Gasteiger partial charge is 0.396 e. The van der Waals surface area contributed by atoms with Crippen molar-refractivity contribution < 1.29 is 20.4 Å². The van der Waals surface area contributed by atoms with Crippen molar-refractivity contribution in [1.82, 2.24) is 0 Å². The van der Waals surface area contributed by atoms with Crippen LogP contribution in [0.1, 0.15) is 46.5 Å². The molecule has 4 heteroatoms. The van der Waals surface area contributed by atoms with Gasteiger partial charge in [0, 0.05) is 6.61 Å². The molecule has 1 aliphatic carbocycles. The third-order valence-corrected chi connectivity index (χ3v) is 4.85. The molecule has 1 saturated heterocycles. The van der Waals surface area contributed by atoms with E-state index in [1.807, 2.05) is 0 Å². The molecule has 2 fully saturated rings. The summed E-state index contributed by atoms with van der Waals surface area (Å²) in [5, 5.41) is 21.4. The Morgan fingerprint density at radius 2 is 1.78 bits per heavy atom. The summed E-state index contributed by atoms with van der Waals surface area (Å²) in [6, 6.07) is 0. The van der Waals surface area contributed by atoms with Crippen LogP contribution in [-0.4, -0.2) is 34.4 Å². The Balaban J connectivity index is 0.000000771. The Labute approximate surface area is 110 Å². The van der Waals surface area contributed by atoms with E-state index in [9.17, 15) is 5.11 Å². The van der Waals surface area contributed by atoms with E-state index < -0.39 is 0 Å². The summed E-state index contributed by atoms with van der Waals surface area (Å²) in [6.07, 6.45) is 5.91. The van der Waals surface area contributed by atoms with Crippen molar-refractivity contribution in [2.24, 2.45) is 23.7 Å². The minimum absolute atomic E-state index is 0.306. The molecular weight excluding hydrogens is 232 g/mol. The average Bonchev–Trinajstić information content (AvgIpc) is 2.40. The predicted octanol–water partition coefficient (Wildman–Crippen LogP) is 2.86. The van der Waals surface area contributed by atoms with Gasteiger partial charge in [0.25, 0.3) is 0 Å². The van der Waals surface area contributed by atoms with Crippen LogP contribution in [0.2, 0.25) is 0 Å². The summed E-state index contributed by atoms with van der Waals surface area (Å²) in [5.41, 5.74) is 0. The predicted molar refractivity (Wildman–Crippen MR) is 70.5 cm³/mol. The number of aliphatic hydroxyl groups is 1. The van der Waals surface area contributed by atoms with E-state index in [-0.39, 0.29) is 0 Å². The number of aliphatic hydroxyl groups excluding tert-OH is 1. The molecule has 1 heterocycles. The highest BCUT2D eigenvalue weighted by Gasteiger charge is 2.42. The van der Waals surface area contributed by atoms with Crippen molar-refractivity contribution in [3.63, 3.8) is 0 Å². The van der Waals surface area contributed by atoms with Crippen LogP contribution in [-0.2, 0) is 4.74 Å². The minimum Gasteiger partial charge on any atom is -0.396 e. The zero-order chi connectivity index (χ0) is 13.7. The van der Waals surface area contributed by atoms with Gasteiger partial charge in [-0.2, -0.15) is 0 Å². The third kappa shape index (κ3) is 3.44. The van der Waals surface area contributed by atoms with Crippen molar-refractivity contribution in [3.8, 4) is 0 Å². The van der Waals surface area contributed by atoms with Gasteiger partial charge < -0.3 is 9.84 Å². The van der Waals surface area contributed by atoms with E-state index in [0.717, 1.165) is 11.8 Å². The van der Waals surface area contributed by atoms with Crippen molar-refractivity contribution >= 4 is 0 Å². The van der Waals surface area contributed by atoms with Crippen molar-refractivity contribution in [1.29, 1.82) is 0 Å². The van der Waals surface area contributed by atoms with E-state index in [1.54, 1.807) is 0 Å².